The first-order valence-electron chi connectivity index (χ1n) is 7.45. The molecule has 2 heterocycles. The molecule has 1 aromatic heterocycles. The number of ether oxygens (including phenoxy) is 1. The van der Waals surface area contributed by atoms with Crippen molar-refractivity contribution in [2.75, 3.05) is 12.9 Å². The maximum atomic E-state index is 13.1. The summed E-state index contributed by atoms with van der Waals surface area (Å²) in [5, 5.41) is 5.45. The van der Waals surface area contributed by atoms with E-state index in [9.17, 15) is 4.39 Å². The molecule has 0 saturated heterocycles. The second kappa shape index (κ2) is 6.13. The van der Waals surface area contributed by atoms with Gasteiger partial charge in [-0.05, 0) is 54.6 Å². The van der Waals surface area contributed by atoms with Crippen LogP contribution in [0.3, 0.4) is 0 Å². The molecule has 0 aliphatic carbocycles. The van der Waals surface area contributed by atoms with Gasteiger partial charge in [-0.15, -0.1) is 5.10 Å². The van der Waals surface area contributed by atoms with Crippen LogP contribution in [0.5, 0.6) is 5.75 Å². The Labute approximate surface area is 143 Å². The molecule has 0 fully saturated rings. The minimum absolute atomic E-state index is 0.268. The summed E-state index contributed by atoms with van der Waals surface area (Å²) in [6.45, 7) is 0. The summed E-state index contributed by atoms with van der Waals surface area (Å²) in [6.07, 6.45) is 2.13. The van der Waals surface area contributed by atoms with Gasteiger partial charge in [0, 0.05) is 16.9 Å². The summed E-state index contributed by atoms with van der Waals surface area (Å²) in [6, 6.07) is 14.1. The third-order valence-electron chi connectivity index (χ3n) is 3.78. The molecule has 0 atom stereocenters. The first-order valence-corrected chi connectivity index (χ1v) is 8.44. The van der Waals surface area contributed by atoms with Crippen molar-refractivity contribution in [3.05, 3.63) is 66.0 Å². The van der Waals surface area contributed by atoms with E-state index in [0.717, 1.165) is 33.5 Å². The van der Waals surface area contributed by atoms with Crippen LogP contribution < -0.4 is 4.74 Å². The minimum atomic E-state index is -0.268. The molecule has 120 valence electrons. The standard InChI is InChI=1S/C18H14FN3OS/c1-23-15-8-4-12(5-9-15)16-10-11-24-18-20-17(21-22(16)18)13-2-6-14(19)7-3-13/h2-10H,11H2,1H3. The number of thioether (sulfide) groups is 1. The van der Waals surface area contributed by atoms with E-state index in [1.165, 1.54) is 12.1 Å². The lowest BCUT2D eigenvalue weighted by Gasteiger charge is -2.14. The number of rotatable bonds is 3. The van der Waals surface area contributed by atoms with Crippen molar-refractivity contribution >= 4 is 17.5 Å². The molecule has 24 heavy (non-hydrogen) atoms. The Morgan fingerprint density at radius 2 is 1.75 bits per heavy atom. The van der Waals surface area contributed by atoms with Crippen LogP contribution in [-0.4, -0.2) is 27.6 Å². The average Bonchev–Trinajstić information content (AvgIpc) is 3.06. The Balaban J connectivity index is 1.73. The lowest BCUT2D eigenvalue weighted by molar-refractivity contribution is 0.415. The molecule has 0 unspecified atom stereocenters. The quantitative estimate of drug-likeness (QED) is 0.721. The predicted molar refractivity (Wildman–Crippen MR) is 92.5 cm³/mol. The highest BCUT2D eigenvalue weighted by atomic mass is 32.2. The number of nitrogens with zero attached hydrogens (tertiary/aromatic N) is 3. The number of hydrogen-bond acceptors (Lipinski definition) is 4. The summed E-state index contributed by atoms with van der Waals surface area (Å²) in [7, 11) is 1.65. The highest BCUT2D eigenvalue weighted by Crippen LogP contribution is 2.32. The SMILES string of the molecule is COc1ccc(C2=CCSc3nc(-c4ccc(F)cc4)nn32)cc1. The summed E-state index contributed by atoms with van der Waals surface area (Å²) in [4.78, 5) is 4.59. The van der Waals surface area contributed by atoms with Crippen molar-refractivity contribution in [2.24, 2.45) is 0 Å². The smallest absolute Gasteiger partial charge is 0.191 e. The zero-order valence-electron chi connectivity index (χ0n) is 12.9. The van der Waals surface area contributed by atoms with E-state index in [1.54, 1.807) is 31.0 Å². The number of aromatic nitrogens is 3. The van der Waals surface area contributed by atoms with Gasteiger partial charge >= 0.3 is 0 Å². The lowest BCUT2D eigenvalue weighted by atomic mass is 10.1. The molecule has 0 bridgehead atoms. The van der Waals surface area contributed by atoms with Crippen LogP contribution >= 0.6 is 11.8 Å². The summed E-state index contributed by atoms with van der Waals surface area (Å²) in [5.41, 5.74) is 2.84. The van der Waals surface area contributed by atoms with Gasteiger partial charge in [0.05, 0.1) is 12.8 Å². The Kier molecular flexibility index (Phi) is 3.82. The van der Waals surface area contributed by atoms with Crippen LogP contribution in [0, 0.1) is 5.82 Å². The van der Waals surface area contributed by atoms with Gasteiger partial charge < -0.3 is 4.74 Å². The molecule has 1 aliphatic heterocycles. The molecule has 0 spiro atoms. The normalized spacial score (nSPS) is 13.3. The van der Waals surface area contributed by atoms with E-state index in [4.69, 9.17) is 4.74 Å². The zero-order chi connectivity index (χ0) is 16.5. The maximum absolute atomic E-state index is 13.1. The fourth-order valence-electron chi connectivity index (χ4n) is 2.55. The Hall–Kier alpha value is -2.60. The minimum Gasteiger partial charge on any atom is -0.497 e. The van der Waals surface area contributed by atoms with E-state index in [-0.39, 0.29) is 5.82 Å². The van der Waals surface area contributed by atoms with Gasteiger partial charge in [0.1, 0.15) is 11.6 Å². The Morgan fingerprint density at radius 1 is 1.04 bits per heavy atom. The monoisotopic (exact) mass is 339 g/mol. The predicted octanol–water partition coefficient (Wildman–Crippen LogP) is 4.09. The molecule has 6 heteroatoms. The fourth-order valence-corrected chi connectivity index (χ4v) is 3.36. The molecule has 0 saturated carbocycles. The van der Waals surface area contributed by atoms with E-state index < -0.39 is 0 Å². The van der Waals surface area contributed by atoms with Gasteiger partial charge in [0.25, 0.3) is 0 Å². The van der Waals surface area contributed by atoms with Crippen LogP contribution in [0.2, 0.25) is 0 Å². The molecule has 4 rings (SSSR count). The van der Waals surface area contributed by atoms with Crippen molar-refractivity contribution in [2.45, 2.75) is 5.16 Å². The van der Waals surface area contributed by atoms with Gasteiger partial charge in [-0.1, -0.05) is 11.8 Å². The van der Waals surface area contributed by atoms with Crippen molar-refractivity contribution in [1.82, 2.24) is 14.8 Å². The highest BCUT2D eigenvalue weighted by molar-refractivity contribution is 7.99. The van der Waals surface area contributed by atoms with Crippen LogP contribution in [0.15, 0.2) is 59.8 Å². The van der Waals surface area contributed by atoms with Gasteiger partial charge in [-0.25, -0.2) is 14.1 Å². The molecule has 3 aromatic rings. The van der Waals surface area contributed by atoms with Crippen molar-refractivity contribution in [3.63, 3.8) is 0 Å². The first-order chi connectivity index (χ1) is 11.7. The van der Waals surface area contributed by atoms with Gasteiger partial charge in [-0.2, -0.15) is 0 Å². The van der Waals surface area contributed by atoms with Crippen LogP contribution in [0.1, 0.15) is 5.56 Å². The average molecular weight is 339 g/mol. The van der Waals surface area contributed by atoms with Gasteiger partial charge in [0.15, 0.2) is 11.0 Å². The molecular formula is C18H14FN3OS. The number of methoxy groups -OCH3 is 1. The third kappa shape index (κ3) is 2.69. The summed E-state index contributed by atoms with van der Waals surface area (Å²) in [5.74, 6) is 1.98. The number of hydrogen-bond donors (Lipinski definition) is 0. The van der Waals surface area contributed by atoms with Crippen LogP contribution in [0.4, 0.5) is 4.39 Å². The topological polar surface area (TPSA) is 39.9 Å². The number of benzene rings is 2. The number of fused-ring (bicyclic) bond motifs is 1. The van der Waals surface area contributed by atoms with Crippen LogP contribution in [-0.2, 0) is 0 Å². The second-order valence-electron chi connectivity index (χ2n) is 5.27. The van der Waals surface area contributed by atoms with E-state index >= 15 is 0 Å². The Bertz CT molecular complexity index is 901. The molecule has 0 N–H and O–H groups in total. The largest absolute Gasteiger partial charge is 0.497 e. The molecule has 1 aliphatic rings. The summed E-state index contributed by atoms with van der Waals surface area (Å²) < 4.78 is 20.2. The van der Waals surface area contributed by atoms with Crippen LogP contribution in [0.25, 0.3) is 17.1 Å². The van der Waals surface area contributed by atoms with E-state index in [2.05, 4.69) is 16.2 Å². The van der Waals surface area contributed by atoms with Crippen molar-refractivity contribution in [1.29, 1.82) is 0 Å². The fraction of sp³-hybridized carbons (Fsp3) is 0.111. The Morgan fingerprint density at radius 3 is 2.46 bits per heavy atom. The lowest BCUT2D eigenvalue weighted by Crippen LogP contribution is -2.07. The molecular weight excluding hydrogens is 325 g/mol. The van der Waals surface area contributed by atoms with Crippen molar-refractivity contribution < 1.29 is 9.13 Å². The number of halogens is 1. The summed E-state index contributed by atoms with van der Waals surface area (Å²) >= 11 is 1.63. The van der Waals surface area contributed by atoms with Gasteiger partial charge in [-0.3, -0.25) is 0 Å². The maximum Gasteiger partial charge on any atom is 0.191 e. The zero-order valence-corrected chi connectivity index (χ0v) is 13.8. The second-order valence-corrected chi connectivity index (χ2v) is 6.25. The molecule has 4 nitrogen and oxygen atoms in total. The molecule has 2 aromatic carbocycles. The van der Waals surface area contributed by atoms with E-state index in [0.29, 0.717) is 5.82 Å². The first kappa shape index (κ1) is 15.0. The highest BCUT2D eigenvalue weighted by Gasteiger charge is 2.19. The molecule has 0 radical (unpaired) electrons. The van der Waals surface area contributed by atoms with Gasteiger partial charge in [0.2, 0.25) is 0 Å². The van der Waals surface area contributed by atoms with Crippen molar-refractivity contribution in [3.8, 4) is 17.1 Å². The van der Waals surface area contributed by atoms with E-state index in [1.807, 2.05) is 28.9 Å². The molecule has 0 amide bonds. The third-order valence-corrected chi connectivity index (χ3v) is 4.64.